The third kappa shape index (κ3) is 4.88. The molecule has 0 radical (unpaired) electrons. The van der Waals surface area contributed by atoms with Crippen molar-refractivity contribution in [2.45, 2.75) is 38.8 Å². The molecule has 0 atom stereocenters. The Bertz CT molecular complexity index is 1410. The van der Waals surface area contributed by atoms with E-state index >= 15 is 0 Å². The number of pyridine rings is 1. The number of aryl methyl sites for hydroxylation is 1. The summed E-state index contributed by atoms with van der Waals surface area (Å²) in [5.41, 5.74) is 2.54. The lowest BCUT2D eigenvalue weighted by atomic mass is 9.98. The normalized spacial score (nSPS) is 16.1. The molecule has 5 rings (SSSR count). The van der Waals surface area contributed by atoms with E-state index in [1.54, 1.807) is 23.1 Å². The van der Waals surface area contributed by atoms with Gasteiger partial charge in [0.25, 0.3) is 17.0 Å². The summed E-state index contributed by atoms with van der Waals surface area (Å²) in [5, 5.41) is 4.10. The molecule has 0 spiro atoms. The summed E-state index contributed by atoms with van der Waals surface area (Å²) in [7, 11) is 1.51. The van der Waals surface area contributed by atoms with Crippen LogP contribution >= 0.6 is 0 Å². The molecular formula is C27H30FN5O3. The summed E-state index contributed by atoms with van der Waals surface area (Å²) >= 11 is 0. The first-order valence-electron chi connectivity index (χ1n) is 12.5. The van der Waals surface area contributed by atoms with Crippen molar-refractivity contribution < 1.29 is 9.18 Å². The minimum Gasteiger partial charge on any atom is -0.332 e. The van der Waals surface area contributed by atoms with Gasteiger partial charge in [-0.1, -0.05) is 18.6 Å². The third-order valence-corrected chi connectivity index (χ3v) is 7.16. The fourth-order valence-electron chi connectivity index (χ4n) is 5.19. The quantitative estimate of drug-likeness (QED) is 0.548. The van der Waals surface area contributed by atoms with Gasteiger partial charge in [-0.15, -0.1) is 0 Å². The highest BCUT2D eigenvalue weighted by atomic mass is 19.1. The van der Waals surface area contributed by atoms with Crippen molar-refractivity contribution in [1.82, 2.24) is 24.1 Å². The zero-order chi connectivity index (χ0) is 25.2. The van der Waals surface area contributed by atoms with Crippen molar-refractivity contribution >= 4 is 5.91 Å². The number of hydrogen-bond acceptors (Lipinski definition) is 5. The minimum absolute atomic E-state index is 0.129. The van der Waals surface area contributed by atoms with Gasteiger partial charge < -0.3 is 14.4 Å². The van der Waals surface area contributed by atoms with Crippen molar-refractivity contribution in [3.05, 3.63) is 85.9 Å². The molecule has 2 aliphatic rings. The van der Waals surface area contributed by atoms with Crippen LogP contribution < -0.4 is 11.1 Å². The van der Waals surface area contributed by atoms with Crippen LogP contribution in [-0.4, -0.2) is 56.2 Å². The molecule has 0 N–H and O–H groups in total. The maximum atomic E-state index is 14.0. The van der Waals surface area contributed by atoms with Crippen LogP contribution in [0.2, 0.25) is 0 Å². The molecule has 0 unspecified atom stereocenters. The first-order valence-corrected chi connectivity index (χ1v) is 12.5. The highest BCUT2D eigenvalue weighted by Gasteiger charge is 2.27. The van der Waals surface area contributed by atoms with Gasteiger partial charge in [-0.05, 0) is 61.3 Å². The van der Waals surface area contributed by atoms with E-state index in [-0.39, 0.29) is 22.7 Å². The molecule has 1 saturated heterocycles. The second-order valence-corrected chi connectivity index (χ2v) is 9.56. The number of halogens is 1. The number of piperidine rings is 1. The van der Waals surface area contributed by atoms with Crippen molar-refractivity contribution in [2.75, 3.05) is 26.2 Å². The minimum atomic E-state index is -0.401. The number of aromatic nitrogens is 3. The summed E-state index contributed by atoms with van der Waals surface area (Å²) in [6.45, 7) is 4.17. The SMILES string of the molecule is Cn1nc(C(=O)N2CCc3c(cc(-c4cccc(F)c4)c(=O)n3CCN3CCCCC3)C2)ccc1=O. The zero-order valence-corrected chi connectivity index (χ0v) is 20.5. The number of benzene rings is 1. The molecule has 0 aliphatic carbocycles. The lowest BCUT2D eigenvalue weighted by Gasteiger charge is -2.32. The van der Waals surface area contributed by atoms with Crippen LogP contribution in [0.4, 0.5) is 4.39 Å². The van der Waals surface area contributed by atoms with E-state index in [4.69, 9.17) is 0 Å². The number of nitrogens with zero attached hydrogens (tertiary/aromatic N) is 5. The van der Waals surface area contributed by atoms with Crippen molar-refractivity contribution in [3.8, 4) is 11.1 Å². The van der Waals surface area contributed by atoms with Gasteiger partial charge in [0.1, 0.15) is 11.5 Å². The number of rotatable bonds is 5. The number of carbonyl (C=O) groups is 1. The standard InChI is InChI=1S/C27H30FN5O3/c1-30-25(34)9-8-23(29-30)27(36)32-13-10-24-20(18-32)17-22(19-6-5-7-21(28)16-19)26(35)33(24)15-14-31-11-3-2-4-12-31/h5-9,16-17H,2-4,10-15,18H2,1H3. The molecule has 1 fully saturated rings. The van der Waals surface area contributed by atoms with E-state index < -0.39 is 5.82 Å². The molecule has 0 saturated carbocycles. The smallest absolute Gasteiger partial charge is 0.274 e. The first-order chi connectivity index (χ1) is 17.4. The number of carbonyl (C=O) groups excluding carboxylic acids is 1. The lowest BCUT2D eigenvalue weighted by molar-refractivity contribution is 0.0723. The Kier molecular flexibility index (Phi) is 6.82. The maximum Gasteiger partial charge on any atom is 0.274 e. The van der Waals surface area contributed by atoms with E-state index in [1.165, 1.54) is 50.6 Å². The molecule has 0 bridgehead atoms. The molecule has 4 heterocycles. The highest BCUT2D eigenvalue weighted by Crippen LogP contribution is 2.25. The van der Waals surface area contributed by atoms with E-state index in [1.807, 2.05) is 4.57 Å². The molecule has 36 heavy (non-hydrogen) atoms. The van der Waals surface area contributed by atoms with Gasteiger partial charge in [0, 0.05) is 57.0 Å². The average molecular weight is 492 g/mol. The van der Waals surface area contributed by atoms with Gasteiger partial charge in [0.15, 0.2) is 0 Å². The Morgan fingerprint density at radius 3 is 2.56 bits per heavy atom. The Morgan fingerprint density at radius 2 is 1.81 bits per heavy atom. The van der Waals surface area contributed by atoms with E-state index in [9.17, 15) is 18.8 Å². The second kappa shape index (κ2) is 10.2. The van der Waals surface area contributed by atoms with Crippen molar-refractivity contribution in [1.29, 1.82) is 0 Å². The van der Waals surface area contributed by atoms with E-state index in [0.717, 1.165) is 35.6 Å². The summed E-state index contributed by atoms with van der Waals surface area (Å²) < 4.78 is 17.0. The summed E-state index contributed by atoms with van der Waals surface area (Å²) in [6, 6.07) is 10.6. The number of hydrogen-bond donors (Lipinski definition) is 0. The topological polar surface area (TPSA) is 80.4 Å². The van der Waals surface area contributed by atoms with Gasteiger partial charge in [-0.25, -0.2) is 9.07 Å². The maximum absolute atomic E-state index is 14.0. The van der Waals surface area contributed by atoms with E-state index in [2.05, 4.69) is 10.00 Å². The molecule has 2 aromatic heterocycles. The fourth-order valence-corrected chi connectivity index (χ4v) is 5.19. The monoisotopic (exact) mass is 491 g/mol. The van der Waals surface area contributed by atoms with Crippen LogP contribution in [0.3, 0.4) is 0 Å². The molecule has 3 aromatic rings. The number of likely N-dealkylation sites (tertiary alicyclic amines) is 1. The molecule has 188 valence electrons. The Hall–Kier alpha value is -3.59. The van der Waals surface area contributed by atoms with Gasteiger partial charge in [0.2, 0.25) is 0 Å². The van der Waals surface area contributed by atoms with Crippen molar-refractivity contribution in [3.63, 3.8) is 0 Å². The predicted octanol–water partition coefficient (Wildman–Crippen LogP) is 2.43. The van der Waals surface area contributed by atoms with Gasteiger partial charge in [-0.2, -0.15) is 5.10 Å². The largest absolute Gasteiger partial charge is 0.332 e. The van der Waals surface area contributed by atoms with Gasteiger partial charge >= 0.3 is 0 Å². The highest BCUT2D eigenvalue weighted by molar-refractivity contribution is 5.92. The van der Waals surface area contributed by atoms with Crippen LogP contribution in [0.1, 0.15) is 41.0 Å². The van der Waals surface area contributed by atoms with Crippen LogP contribution in [0.15, 0.2) is 52.1 Å². The number of fused-ring (bicyclic) bond motifs is 1. The first kappa shape index (κ1) is 24.1. The van der Waals surface area contributed by atoms with E-state index in [0.29, 0.717) is 37.2 Å². The lowest BCUT2D eigenvalue weighted by Crippen LogP contribution is -2.41. The molecule has 1 amide bonds. The Balaban J connectivity index is 1.50. The molecular weight excluding hydrogens is 461 g/mol. The van der Waals surface area contributed by atoms with Gasteiger partial charge in [0.05, 0.1) is 0 Å². The van der Waals surface area contributed by atoms with Gasteiger partial charge in [-0.3, -0.25) is 14.4 Å². The molecule has 9 heteroatoms. The predicted molar refractivity (Wildman–Crippen MR) is 134 cm³/mol. The molecule has 2 aliphatic heterocycles. The second-order valence-electron chi connectivity index (χ2n) is 9.56. The van der Waals surface area contributed by atoms with Crippen LogP contribution in [0, 0.1) is 5.82 Å². The Labute approximate surface area is 208 Å². The Morgan fingerprint density at radius 1 is 1.00 bits per heavy atom. The van der Waals surface area contributed by atoms with Crippen LogP contribution in [0.25, 0.3) is 11.1 Å². The number of amides is 1. The zero-order valence-electron chi connectivity index (χ0n) is 20.5. The van der Waals surface area contributed by atoms with Crippen LogP contribution in [-0.2, 0) is 26.6 Å². The fraction of sp³-hybridized carbons (Fsp3) is 0.407. The summed E-state index contributed by atoms with van der Waals surface area (Å²) in [4.78, 5) is 42.6. The average Bonchev–Trinajstić information content (AvgIpc) is 2.89. The third-order valence-electron chi connectivity index (χ3n) is 7.16. The summed E-state index contributed by atoms with van der Waals surface area (Å²) in [6.07, 6.45) is 4.12. The van der Waals surface area contributed by atoms with Crippen molar-refractivity contribution in [2.24, 2.45) is 7.05 Å². The molecule has 8 nitrogen and oxygen atoms in total. The summed E-state index contributed by atoms with van der Waals surface area (Å²) in [5.74, 6) is -0.670. The van der Waals surface area contributed by atoms with Crippen LogP contribution in [0.5, 0.6) is 0 Å². The molecule has 1 aromatic carbocycles.